The van der Waals surface area contributed by atoms with Crippen LogP contribution in [0.3, 0.4) is 0 Å². The van der Waals surface area contributed by atoms with E-state index in [0.29, 0.717) is 19.7 Å². The van der Waals surface area contributed by atoms with E-state index in [4.69, 9.17) is 10.5 Å². The first kappa shape index (κ1) is 18.4. The zero-order valence-corrected chi connectivity index (χ0v) is 14.7. The van der Waals surface area contributed by atoms with Crippen molar-refractivity contribution in [3.63, 3.8) is 0 Å². The maximum atomic E-state index is 12.7. The first-order chi connectivity index (χ1) is 9.41. The number of nitrogens with zero attached hydrogens (tertiary/aromatic N) is 1. The first-order valence-electron chi connectivity index (χ1n) is 6.87. The van der Waals surface area contributed by atoms with Gasteiger partial charge in [-0.15, -0.1) is 12.4 Å². The normalized spacial score (nSPS) is 21.9. The van der Waals surface area contributed by atoms with Crippen molar-refractivity contribution in [2.75, 3.05) is 19.7 Å². The molecule has 118 valence electrons. The number of rotatable bonds is 2. The average Bonchev–Trinajstić information content (AvgIpc) is 2.63. The summed E-state index contributed by atoms with van der Waals surface area (Å²) in [6.45, 7) is 5.76. The van der Waals surface area contributed by atoms with Crippen LogP contribution in [0.1, 0.15) is 25.8 Å². The molecule has 0 saturated carbocycles. The summed E-state index contributed by atoms with van der Waals surface area (Å²) in [5.41, 5.74) is 6.13. The summed E-state index contributed by atoms with van der Waals surface area (Å²) in [4.78, 5) is 14.6. The van der Waals surface area contributed by atoms with Crippen LogP contribution in [0.25, 0.3) is 0 Å². The molecule has 0 radical (unpaired) electrons. The molecule has 6 heteroatoms. The van der Waals surface area contributed by atoms with Gasteiger partial charge in [0.1, 0.15) is 5.54 Å². The summed E-state index contributed by atoms with van der Waals surface area (Å²) in [6, 6.07) is 7.59. The van der Waals surface area contributed by atoms with Crippen LogP contribution in [0.15, 0.2) is 28.7 Å². The van der Waals surface area contributed by atoms with Gasteiger partial charge in [0.05, 0.1) is 6.10 Å². The maximum absolute atomic E-state index is 12.7. The Kier molecular flexibility index (Phi) is 6.66. The minimum atomic E-state index is -1.01. The average molecular weight is 378 g/mol. The monoisotopic (exact) mass is 376 g/mol. The van der Waals surface area contributed by atoms with Crippen LogP contribution in [-0.2, 0) is 15.1 Å². The largest absolute Gasteiger partial charge is 0.377 e. The van der Waals surface area contributed by atoms with E-state index in [-0.39, 0.29) is 24.4 Å². The molecule has 1 amide bonds. The van der Waals surface area contributed by atoms with E-state index in [1.54, 1.807) is 6.92 Å². The highest BCUT2D eigenvalue weighted by atomic mass is 79.9. The van der Waals surface area contributed by atoms with E-state index in [0.717, 1.165) is 16.5 Å². The molecule has 2 rings (SSSR count). The van der Waals surface area contributed by atoms with E-state index in [1.165, 1.54) is 0 Å². The van der Waals surface area contributed by atoms with Gasteiger partial charge in [0, 0.05) is 24.2 Å². The number of ether oxygens (including phenoxy) is 1. The molecule has 2 unspecified atom stereocenters. The molecular formula is C15H22BrClN2O2. The lowest BCUT2D eigenvalue weighted by Gasteiger charge is -2.32. The molecule has 1 aromatic rings. The van der Waals surface area contributed by atoms with Crippen LogP contribution in [0, 0.1) is 0 Å². The lowest BCUT2D eigenvalue weighted by Crippen LogP contribution is -2.52. The van der Waals surface area contributed by atoms with E-state index in [1.807, 2.05) is 36.1 Å². The first-order valence-corrected chi connectivity index (χ1v) is 7.66. The van der Waals surface area contributed by atoms with Crippen molar-refractivity contribution in [1.82, 2.24) is 4.90 Å². The Morgan fingerprint density at radius 3 is 2.67 bits per heavy atom. The van der Waals surface area contributed by atoms with Crippen molar-refractivity contribution in [3.05, 3.63) is 34.3 Å². The number of halogens is 2. The smallest absolute Gasteiger partial charge is 0.247 e. The summed E-state index contributed by atoms with van der Waals surface area (Å²) in [5.74, 6) is -0.0443. The number of nitrogens with two attached hydrogens (primary N) is 1. The number of benzene rings is 1. The van der Waals surface area contributed by atoms with E-state index >= 15 is 0 Å². The van der Waals surface area contributed by atoms with E-state index < -0.39 is 5.54 Å². The molecule has 1 aliphatic heterocycles. The summed E-state index contributed by atoms with van der Waals surface area (Å²) in [7, 11) is 0. The molecule has 21 heavy (non-hydrogen) atoms. The molecule has 0 aliphatic carbocycles. The maximum Gasteiger partial charge on any atom is 0.247 e. The van der Waals surface area contributed by atoms with E-state index in [2.05, 4.69) is 15.9 Å². The fourth-order valence-electron chi connectivity index (χ4n) is 2.43. The van der Waals surface area contributed by atoms with Crippen molar-refractivity contribution < 1.29 is 9.53 Å². The molecule has 2 atom stereocenters. The van der Waals surface area contributed by atoms with Gasteiger partial charge in [0.25, 0.3) is 0 Å². The van der Waals surface area contributed by atoms with Crippen LogP contribution >= 0.6 is 28.3 Å². The minimum absolute atomic E-state index is 0. The van der Waals surface area contributed by atoms with Gasteiger partial charge in [-0.2, -0.15) is 0 Å². The van der Waals surface area contributed by atoms with Crippen molar-refractivity contribution in [2.24, 2.45) is 5.73 Å². The van der Waals surface area contributed by atoms with Crippen molar-refractivity contribution in [1.29, 1.82) is 0 Å². The second-order valence-electron chi connectivity index (χ2n) is 5.50. The molecule has 0 bridgehead atoms. The van der Waals surface area contributed by atoms with Crippen LogP contribution in [0.5, 0.6) is 0 Å². The second-order valence-corrected chi connectivity index (χ2v) is 6.41. The van der Waals surface area contributed by atoms with Crippen LogP contribution in [0.4, 0.5) is 0 Å². The Balaban J connectivity index is 0.00000220. The summed E-state index contributed by atoms with van der Waals surface area (Å²) in [5, 5.41) is 0. The highest BCUT2D eigenvalue weighted by molar-refractivity contribution is 9.10. The van der Waals surface area contributed by atoms with Crippen LogP contribution in [-0.4, -0.2) is 36.6 Å². The van der Waals surface area contributed by atoms with Gasteiger partial charge in [0.2, 0.25) is 5.91 Å². The topological polar surface area (TPSA) is 55.6 Å². The standard InChI is InChI=1S/C15H21BrN2O2.ClH/c1-11-10-18(8-3-9-20-11)14(19)15(2,17)12-4-6-13(16)7-5-12;/h4-7,11H,3,8-10,17H2,1-2H3;1H. The minimum Gasteiger partial charge on any atom is -0.377 e. The number of hydrogen-bond donors (Lipinski definition) is 1. The quantitative estimate of drug-likeness (QED) is 0.862. The van der Waals surface area contributed by atoms with Crippen molar-refractivity contribution >= 4 is 34.2 Å². The Morgan fingerprint density at radius 1 is 1.43 bits per heavy atom. The SMILES string of the molecule is CC1CN(C(=O)C(C)(N)c2ccc(Br)cc2)CCCO1.Cl. The predicted octanol–water partition coefficient (Wildman–Crippen LogP) is 2.68. The Labute approximate surface area is 140 Å². The molecule has 1 saturated heterocycles. The van der Waals surface area contributed by atoms with Crippen molar-refractivity contribution in [3.8, 4) is 0 Å². The van der Waals surface area contributed by atoms with Gasteiger partial charge >= 0.3 is 0 Å². The lowest BCUT2D eigenvalue weighted by atomic mass is 9.91. The summed E-state index contributed by atoms with van der Waals surface area (Å²) in [6.07, 6.45) is 0.911. The molecule has 1 fully saturated rings. The highest BCUT2D eigenvalue weighted by Crippen LogP contribution is 2.23. The van der Waals surface area contributed by atoms with Gasteiger partial charge in [-0.1, -0.05) is 28.1 Å². The third-order valence-corrected chi connectivity index (χ3v) is 4.16. The predicted molar refractivity (Wildman–Crippen MR) is 89.5 cm³/mol. The molecule has 0 spiro atoms. The van der Waals surface area contributed by atoms with Gasteiger partial charge in [-0.3, -0.25) is 4.79 Å². The highest BCUT2D eigenvalue weighted by Gasteiger charge is 2.35. The molecule has 4 nitrogen and oxygen atoms in total. The number of carbonyl (C=O) groups is 1. The van der Waals surface area contributed by atoms with Gasteiger partial charge in [-0.25, -0.2) is 0 Å². The third kappa shape index (κ3) is 4.42. The van der Waals surface area contributed by atoms with Gasteiger partial charge in [0.15, 0.2) is 0 Å². The number of amides is 1. The number of carbonyl (C=O) groups excluding carboxylic acids is 1. The molecule has 1 aromatic carbocycles. The van der Waals surface area contributed by atoms with Gasteiger partial charge in [-0.05, 0) is 38.0 Å². The Hall–Kier alpha value is -0.620. The molecular weight excluding hydrogens is 356 g/mol. The fourth-order valence-corrected chi connectivity index (χ4v) is 2.69. The molecule has 0 aromatic heterocycles. The molecule has 2 N–H and O–H groups in total. The van der Waals surface area contributed by atoms with Crippen LogP contribution in [0.2, 0.25) is 0 Å². The van der Waals surface area contributed by atoms with Crippen molar-refractivity contribution in [2.45, 2.75) is 31.9 Å². The lowest BCUT2D eigenvalue weighted by molar-refractivity contribution is -0.137. The third-order valence-electron chi connectivity index (χ3n) is 3.63. The Morgan fingerprint density at radius 2 is 2.05 bits per heavy atom. The summed E-state index contributed by atoms with van der Waals surface area (Å²) >= 11 is 3.39. The second kappa shape index (κ2) is 7.58. The Bertz CT molecular complexity index is 479. The van der Waals surface area contributed by atoms with E-state index in [9.17, 15) is 4.79 Å². The molecule has 1 aliphatic rings. The van der Waals surface area contributed by atoms with Gasteiger partial charge < -0.3 is 15.4 Å². The summed E-state index contributed by atoms with van der Waals surface area (Å²) < 4.78 is 6.55. The zero-order chi connectivity index (χ0) is 14.8. The molecule has 1 heterocycles. The van der Waals surface area contributed by atoms with Crippen LogP contribution < -0.4 is 5.73 Å². The fraction of sp³-hybridized carbons (Fsp3) is 0.533. The number of hydrogen-bond acceptors (Lipinski definition) is 3. The zero-order valence-electron chi connectivity index (χ0n) is 12.3.